The smallest absolute Gasteiger partial charge is 0.232 e. The lowest BCUT2D eigenvalue weighted by Crippen LogP contribution is -2.27. The van der Waals surface area contributed by atoms with Gasteiger partial charge >= 0.3 is 0 Å². The van der Waals surface area contributed by atoms with Gasteiger partial charge in [-0.3, -0.25) is 9.12 Å². The average Bonchev–Trinajstić information content (AvgIpc) is 3.34. The maximum Gasteiger partial charge on any atom is 0.232 e. The van der Waals surface area contributed by atoms with E-state index in [2.05, 4.69) is 24.7 Å². The summed E-state index contributed by atoms with van der Waals surface area (Å²) in [5.41, 5.74) is 1.91. The molecule has 0 aliphatic rings. The molecule has 0 aliphatic carbocycles. The van der Waals surface area contributed by atoms with E-state index in [0.29, 0.717) is 52.5 Å². The Morgan fingerprint density at radius 3 is 2.36 bits per heavy atom. The minimum atomic E-state index is -2.40. The van der Waals surface area contributed by atoms with Gasteiger partial charge in [0, 0.05) is 18.5 Å². The van der Waals surface area contributed by atoms with E-state index in [-0.39, 0.29) is 11.5 Å². The number of aromatic nitrogens is 7. The molecule has 0 fully saturated rings. The van der Waals surface area contributed by atoms with Crippen LogP contribution >= 0.6 is 0 Å². The highest BCUT2D eigenvalue weighted by atomic mass is 32.2. The van der Waals surface area contributed by atoms with E-state index in [1.165, 1.54) is 18.6 Å². The maximum absolute atomic E-state index is 11.8. The van der Waals surface area contributed by atoms with Crippen molar-refractivity contribution < 1.29 is 23.0 Å². The third kappa shape index (κ3) is 5.25. The van der Waals surface area contributed by atoms with Gasteiger partial charge in [-0.25, -0.2) is 34.1 Å². The number of ether oxygens (including phenoxy) is 3. The number of methoxy groups -OCH3 is 2. The van der Waals surface area contributed by atoms with Crippen molar-refractivity contribution in [1.29, 1.82) is 0 Å². The third-order valence-corrected chi connectivity index (χ3v) is 6.06. The molecule has 2 atom stereocenters. The standard InChI is InChI=1S/C25H24N8O5S/c1-4-38-19-11-5-8-15(29-19)24-31-23-25(33(24)21-17(36-2)9-6-10-18(21)37-3)30-16(14-28-23)20(32-39(34)35)22-26-12-7-13-27-22/h5-14,20,32H,4H2,1-3H3,(H,34,35). The van der Waals surface area contributed by atoms with Gasteiger partial charge in [0.15, 0.2) is 22.9 Å². The number of hydrogen-bond donors (Lipinski definition) is 2. The van der Waals surface area contributed by atoms with Crippen LogP contribution in [-0.4, -0.2) is 64.1 Å². The molecule has 0 aliphatic heterocycles. The number of nitrogens with one attached hydrogen (secondary N) is 1. The number of para-hydroxylation sites is 1. The molecule has 39 heavy (non-hydrogen) atoms. The number of nitrogens with zero attached hydrogens (tertiary/aromatic N) is 7. The van der Waals surface area contributed by atoms with Crippen molar-refractivity contribution in [1.82, 2.24) is 39.2 Å². The largest absolute Gasteiger partial charge is 0.494 e. The second-order valence-corrected chi connectivity index (χ2v) is 8.66. The Morgan fingerprint density at radius 1 is 0.974 bits per heavy atom. The van der Waals surface area contributed by atoms with Crippen molar-refractivity contribution in [3.05, 3.63) is 72.6 Å². The van der Waals surface area contributed by atoms with Crippen molar-refractivity contribution in [3.63, 3.8) is 0 Å². The lowest BCUT2D eigenvalue weighted by Gasteiger charge is -2.17. The molecule has 5 aromatic rings. The Morgan fingerprint density at radius 2 is 1.69 bits per heavy atom. The zero-order chi connectivity index (χ0) is 27.4. The van der Waals surface area contributed by atoms with Gasteiger partial charge in [-0.05, 0) is 31.2 Å². The Kier molecular flexibility index (Phi) is 7.67. The first-order valence-corrected chi connectivity index (χ1v) is 12.9. The van der Waals surface area contributed by atoms with Crippen LogP contribution in [0, 0.1) is 0 Å². The fraction of sp³-hybridized carbons (Fsp3) is 0.200. The predicted molar refractivity (Wildman–Crippen MR) is 142 cm³/mol. The number of fused-ring (bicyclic) bond motifs is 1. The van der Waals surface area contributed by atoms with Crippen LogP contribution in [0.4, 0.5) is 0 Å². The van der Waals surface area contributed by atoms with Crippen LogP contribution in [0.3, 0.4) is 0 Å². The van der Waals surface area contributed by atoms with E-state index in [4.69, 9.17) is 24.2 Å². The summed E-state index contributed by atoms with van der Waals surface area (Å²) in [7, 11) is 3.09. The summed E-state index contributed by atoms with van der Waals surface area (Å²) < 4.78 is 42.7. The molecule has 2 N–H and O–H groups in total. The van der Waals surface area contributed by atoms with Gasteiger partial charge in [0.25, 0.3) is 0 Å². The molecule has 4 aromatic heterocycles. The van der Waals surface area contributed by atoms with Gasteiger partial charge in [-0.1, -0.05) is 12.1 Å². The average molecular weight is 549 g/mol. The van der Waals surface area contributed by atoms with Gasteiger partial charge in [0.1, 0.15) is 28.9 Å². The Bertz CT molecular complexity index is 1610. The summed E-state index contributed by atoms with van der Waals surface area (Å²) in [5.74, 6) is 2.04. The molecule has 5 rings (SSSR count). The fourth-order valence-electron chi connectivity index (χ4n) is 4.01. The topological polar surface area (TPSA) is 159 Å². The molecule has 0 saturated heterocycles. The zero-order valence-electron chi connectivity index (χ0n) is 21.2. The van der Waals surface area contributed by atoms with E-state index < -0.39 is 17.3 Å². The third-order valence-electron chi connectivity index (χ3n) is 5.62. The van der Waals surface area contributed by atoms with Gasteiger partial charge in [0.2, 0.25) is 17.1 Å². The van der Waals surface area contributed by atoms with Crippen LogP contribution < -0.4 is 18.9 Å². The van der Waals surface area contributed by atoms with Crippen LogP contribution in [0.15, 0.2) is 61.1 Å². The highest BCUT2D eigenvalue weighted by Crippen LogP contribution is 2.38. The lowest BCUT2D eigenvalue weighted by atomic mass is 10.2. The van der Waals surface area contributed by atoms with Crippen LogP contribution in [0.2, 0.25) is 0 Å². The first kappa shape index (κ1) is 26.1. The zero-order valence-corrected chi connectivity index (χ0v) is 22.0. The number of pyridine rings is 1. The minimum Gasteiger partial charge on any atom is -0.494 e. The van der Waals surface area contributed by atoms with Crippen LogP contribution in [0.25, 0.3) is 28.5 Å². The molecular weight excluding hydrogens is 524 g/mol. The molecule has 0 amide bonds. The Balaban J connectivity index is 1.81. The van der Waals surface area contributed by atoms with E-state index in [0.717, 1.165) is 0 Å². The molecule has 1 aromatic carbocycles. The Hall–Kier alpha value is -4.53. The van der Waals surface area contributed by atoms with Gasteiger partial charge in [-0.15, -0.1) is 0 Å². The molecule has 0 bridgehead atoms. The van der Waals surface area contributed by atoms with Gasteiger partial charge in [0.05, 0.1) is 32.7 Å². The van der Waals surface area contributed by atoms with Crippen molar-refractivity contribution in [2.45, 2.75) is 13.0 Å². The molecule has 4 heterocycles. The molecule has 14 heteroatoms. The van der Waals surface area contributed by atoms with Gasteiger partial charge < -0.3 is 14.2 Å². The summed E-state index contributed by atoms with van der Waals surface area (Å²) in [5, 5.41) is 0. The van der Waals surface area contributed by atoms with E-state index >= 15 is 0 Å². The van der Waals surface area contributed by atoms with Crippen LogP contribution in [0.5, 0.6) is 17.4 Å². The van der Waals surface area contributed by atoms with E-state index in [1.807, 2.05) is 13.0 Å². The molecule has 0 radical (unpaired) electrons. The SMILES string of the molecule is CCOc1cccc(-c2nc3ncc(C(NS(=O)O)c4ncccn4)nc3n2-c2c(OC)cccc2OC)n1. The number of imidazole rings is 1. The fourth-order valence-corrected chi connectivity index (χ4v) is 4.44. The predicted octanol–water partition coefficient (Wildman–Crippen LogP) is 2.90. The lowest BCUT2D eigenvalue weighted by molar-refractivity contribution is 0.327. The second kappa shape index (κ2) is 11.5. The highest BCUT2D eigenvalue weighted by Gasteiger charge is 2.27. The van der Waals surface area contributed by atoms with Crippen molar-refractivity contribution in [2.24, 2.45) is 0 Å². The second-order valence-electron chi connectivity index (χ2n) is 7.93. The molecular formula is C25H24N8O5S. The molecule has 0 spiro atoms. The maximum atomic E-state index is 11.8. The number of hydrogen-bond acceptors (Lipinski definition) is 10. The van der Waals surface area contributed by atoms with Crippen molar-refractivity contribution >= 4 is 22.6 Å². The highest BCUT2D eigenvalue weighted by molar-refractivity contribution is 7.77. The number of benzene rings is 1. The first-order chi connectivity index (χ1) is 19.0. The molecule has 200 valence electrons. The van der Waals surface area contributed by atoms with E-state index in [9.17, 15) is 8.76 Å². The van der Waals surface area contributed by atoms with Crippen LogP contribution in [-0.2, 0) is 11.3 Å². The summed E-state index contributed by atoms with van der Waals surface area (Å²) in [6.07, 6.45) is 4.51. The van der Waals surface area contributed by atoms with E-state index in [1.54, 1.807) is 55.2 Å². The summed E-state index contributed by atoms with van der Waals surface area (Å²) in [4.78, 5) is 27.2. The Labute approximate surface area is 225 Å². The number of rotatable bonds is 10. The van der Waals surface area contributed by atoms with Gasteiger partial charge in [-0.2, -0.15) is 4.72 Å². The molecule has 2 unspecified atom stereocenters. The van der Waals surface area contributed by atoms with Crippen molar-refractivity contribution in [2.75, 3.05) is 20.8 Å². The van der Waals surface area contributed by atoms with Crippen molar-refractivity contribution in [3.8, 4) is 34.6 Å². The summed E-state index contributed by atoms with van der Waals surface area (Å²) >= 11 is -2.40. The summed E-state index contributed by atoms with van der Waals surface area (Å²) in [6, 6.07) is 11.4. The molecule has 0 saturated carbocycles. The van der Waals surface area contributed by atoms with Crippen LogP contribution in [0.1, 0.15) is 24.5 Å². The quantitative estimate of drug-likeness (QED) is 0.247. The monoisotopic (exact) mass is 548 g/mol. The molecule has 13 nitrogen and oxygen atoms in total. The minimum absolute atomic E-state index is 0.237. The first-order valence-electron chi connectivity index (χ1n) is 11.7. The normalized spacial score (nSPS) is 12.7. The summed E-state index contributed by atoms with van der Waals surface area (Å²) in [6.45, 7) is 2.32.